The maximum absolute atomic E-state index is 12.1. The number of hydrogen-bond acceptors (Lipinski definition) is 3. The molecule has 2 rings (SSSR count). The van der Waals surface area contributed by atoms with Crippen molar-refractivity contribution in [3.05, 3.63) is 18.0 Å². The molecule has 1 unspecified atom stereocenters. The third-order valence-corrected chi connectivity index (χ3v) is 3.00. The van der Waals surface area contributed by atoms with Gasteiger partial charge in [-0.2, -0.15) is 5.10 Å². The van der Waals surface area contributed by atoms with Crippen LogP contribution in [0.4, 0.5) is 0 Å². The lowest BCUT2D eigenvalue weighted by Crippen LogP contribution is -2.36. The Kier molecular flexibility index (Phi) is 3.12. The van der Waals surface area contributed by atoms with Crippen molar-refractivity contribution in [1.82, 2.24) is 14.7 Å². The first kappa shape index (κ1) is 11.6. The van der Waals surface area contributed by atoms with Crippen LogP contribution in [-0.2, 0) is 11.8 Å². The molecule has 6 nitrogen and oxygen atoms in total. The van der Waals surface area contributed by atoms with E-state index in [1.807, 2.05) is 0 Å². The monoisotopic (exact) mass is 237 g/mol. The number of nitrogens with zero attached hydrogens (tertiary/aromatic N) is 3. The van der Waals surface area contributed by atoms with Gasteiger partial charge in [-0.1, -0.05) is 0 Å². The lowest BCUT2D eigenvalue weighted by Gasteiger charge is -2.22. The first-order valence-electron chi connectivity index (χ1n) is 5.59. The molecule has 1 aliphatic rings. The van der Waals surface area contributed by atoms with Gasteiger partial charge in [0.1, 0.15) is 0 Å². The number of carboxylic acids is 1. The van der Waals surface area contributed by atoms with Crippen LogP contribution in [0.25, 0.3) is 0 Å². The van der Waals surface area contributed by atoms with Gasteiger partial charge in [0.25, 0.3) is 5.91 Å². The fourth-order valence-electron chi connectivity index (χ4n) is 2.21. The van der Waals surface area contributed by atoms with Crippen LogP contribution >= 0.6 is 0 Å². The number of aryl methyl sites for hydroxylation is 1. The molecule has 0 aromatic carbocycles. The highest BCUT2D eigenvalue weighted by Crippen LogP contribution is 2.22. The van der Waals surface area contributed by atoms with Crippen molar-refractivity contribution < 1.29 is 14.7 Å². The quantitative estimate of drug-likeness (QED) is 0.830. The van der Waals surface area contributed by atoms with Crippen LogP contribution in [0, 0.1) is 0 Å². The summed E-state index contributed by atoms with van der Waals surface area (Å²) in [5, 5.41) is 12.7. The summed E-state index contributed by atoms with van der Waals surface area (Å²) in [5.74, 6) is -0.984. The molecule has 0 saturated carbocycles. The van der Waals surface area contributed by atoms with Gasteiger partial charge < -0.3 is 10.0 Å². The van der Waals surface area contributed by atoms with E-state index in [0.29, 0.717) is 12.1 Å². The van der Waals surface area contributed by atoms with Crippen molar-refractivity contribution in [3.8, 4) is 0 Å². The molecule has 92 valence electrons. The maximum Gasteiger partial charge on any atom is 0.305 e. The van der Waals surface area contributed by atoms with E-state index in [-0.39, 0.29) is 18.4 Å². The summed E-state index contributed by atoms with van der Waals surface area (Å²) in [6.45, 7) is 0.631. The number of rotatable bonds is 3. The minimum atomic E-state index is -0.860. The summed E-state index contributed by atoms with van der Waals surface area (Å²) in [5.41, 5.74) is 0.518. The molecule has 1 aliphatic heterocycles. The van der Waals surface area contributed by atoms with E-state index in [9.17, 15) is 9.59 Å². The van der Waals surface area contributed by atoms with Crippen molar-refractivity contribution in [2.24, 2.45) is 7.05 Å². The summed E-state index contributed by atoms with van der Waals surface area (Å²) in [6.07, 6.45) is 4.81. The topological polar surface area (TPSA) is 75.4 Å². The first-order chi connectivity index (χ1) is 8.08. The highest BCUT2D eigenvalue weighted by molar-refractivity contribution is 5.94. The molecule has 1 atom stereocenters. The lowest BCUT2D eigenvalue weighted by molar-refractivity contribution is -0.137. The molecule has 1 aromatic rings. The first-order valence-corrected chi connectivity index (χ1v) is 5.59. The normalized spacial score (nSPS) is 19.6. The lowest BCUT2D eigenvalue weighted by atomic mass is 10.1. The largest absolute Gasteiger partial charge is 0.481 e. The second-order valence-electron chi connectivity index (χ2n) is 4.30. The molecule has 1 fully saturated rings. The van der Waals surface area contributed by atoms with Crippen LogP contribution in [0.3, 0.4) is 0 Å². The Balaban J connectivity index is 2.10. The van der Waals surface area contributed by atoms with E-state index in [4.69, 9.17) is 5.11 Å². The Hall–Kier alpha value is -1.85. The van der Waals surface area contributed by atoms with Crippen LogP contribution in [0.5, 0.6) is 0 Å². The van der Waals surface area contributed by atoms with Gasteiger partial charge in [0, 0.05) is 25.8 Å². The summed E-state index contributed by atoms with van der Waals surface area (Å²) >= 11 is 0. The zero-order chi connectivity index (χ0) is 12.4. The Bertz CT molecular complexity index is 441. The molecule has 1 saturated heterocycles. The van der Waals surface area contributed by atoms with E-state index >= 15 is 0 Å². The summed E-state index contributed by atoms with van der Waals surface area (Å²) < 4.78 is 1.56. The molecule has 1 N–H and O–H groups in total. The van der Waals surface area contributed by atoms with Crippen molar-refractivity contribution in [1.29, 1.82) is 0 Å². The second-order valence-corrected chi connectivity index (χ2v) is 4.30. The highest BCUT2D eigenvalue weighted by atomic mass is 16.4. The zero-order valence-electron chi connectivity index (χ0n) is 9.67. The van der Waals surface area contributed by atoms with E-state index in [0.717, 1.165) is 12.8 Å². The second kappa shape index (κ2) is 4.57. The van der Waals surface area contributed by atoms with E-state index < -0.39 is 5.97 Å². The van der Waals surface area contributed by atoms with Gasteiger partial charge in [-0.05, 0) is 12.8 Å². The minimum absolute atomic E-state index is 0.0198. The van der Waals surface area contributed by atoms with Gasteiger partial charge in [-0.3, -0.25) is 14.3 Å². The Morgan fingerprint density at radius 3 is 2.94 bits per heavy atom. The van der Waals surface area contributed by atoms with Crippen LogP contribution in [0.15, 0.2) is 12.4 Å². The highest BCUT2D eigenvalue weighted by Gasteiger charge is 2.31. The fraction of sp³-hybridized carbons (Fsp3) is 0.545. The van der Waals surface area contributed by atoms with Gasteiger partial charge in [0.2, 0.25) is 0 Å². The number of aliphatic carboxylic acids is 1. The van der Waals surface area contributed by atoms with Gasteiger partial charge >= 0.3 is 5.97 Å². The smallest absolute Gasteiger partial charge is 0.305 e. The number of carbonyl (C=O) groups excluding carboxylic acids is 1. The fourth-order valence-corrected chi connectivity index (χ4v) is 2.21. The average Bonchev–Trinajstić information content (AvgIpc) is 2.85. The molecule has 17 heavy (non-hydrogen) atoms. The van der Waals surface area contributed by atoms with Crippen molar-refractivity contribution >= 4 is 11.9 Å². The maximum atomic E-state index is 12.1. The number of likely N-dealkylation sites (tertiary alicyclic amines) is 1. The Morgan fingerprint density at radius 1 is 1.59 bits per heavy atom. The molecule has 0 radical (unpaired) electrons. The number of amides is 1. The molecule has 1 aromatic heterocycles. The zero-order valence-corrected chi connectivity index (χ0v) is 9.67. The number of carboxylic acid groups (broad SMARTS) is 1. The Morgan fingerprint density at radius 2 is 2.35 bits per heavy atom. The number of hydrogen-bond donors (Lipinski definition) is 1. The number of aromatic nitrogens is 2. The Labute approximate surface area is 98.8 Å². The molecule has 0 aliphatic carbocycles. The summed E-state index contributed by atoms with van der Waals surface area (Å²) in [6, 6.07) is -0.180. The van der Waals surface area contributed by atoms with E-state index in [2.05, 4.69) is 5.10 Å². The predicted octanol–water partition coefficient (Wildman–Crippen LogP) is 0.499. The van der Waals surface area contributed by atoms with Gasteiger partial charge in [0.05, 0.1) is 18.2 Å². The number of carbonyl (C=O) groups is 2. The van der Waals surface area contributed by atoms with Crippen LogP contribution in [0.2, 0.25) is 0 Å². The molecular weight excluding hydrogens is 222 g/mol. The molecule has 0 bridgehead atoms. The van der Waals surface area contributed by atoms with Gasteiger partial charge in [-0.15, -0.1) is 0 Å². The van der Waals surface area contributed by atoms with E-state index in [1.165, 1.54) is 6.20 Å². The van der Waals surface area contributed by atoms with Gasteiger partial charge in [0.15, 0.2) is 0 Å². The third kappa shape index (κ3) is 2.46. The van der Waals surface area contributed by atoms with Crippen LogP contribution in [0.1, 0.15) is 29.6 Å². The SMILES string of the molecule is Cn1cc(C(=O)N2CCCC2CC(=O)O)cn1. The average molecular weight is 237 g/mol. The molecule has 2 heterocycles. The van der Waals surface area contributed by atoms with Crippen molar-refractivity contribution in [2.45, 2.75) is 25.3 Å². The molecule has 0 spiro atoms. The van der Waals surface area contributed by atoms with E-state index in [1.54, 1.807) is 22.8 Å². The third-order valence-electron chi connectivity index (χ3n) is 3.00. The standard InChI is InChI=1S/C11H15N3O3/c1-13-7-8(6-12-13)11(17)14-4-2-3-9(14)5-10(15)16/h6-7,9H,2-5H2,1H3,(H,15,16). The summed E-state index contributed by atoms with van der Waals surface area (Å²) in [7, 11) is 1.75. The van der Waals surface area contributed by atoms with Crippen molar-refractivity contribution in [2.75, 3.05) is 6.54 Å². The summed E-state index contributed by atoms with van der Waals surface area (Å²) in [4.78, 5) is 24.5. The van der Waals surface area contributed by atoms with Crippen LogP contribution < -0.4 is 0 Å². The van der Waals surface area contributed by atoms with Gasteiger partial charge in [-0.25, -0.2) is 0 Å². The van der Waals surface area contributed by atoms with Crippen molar-refractivity contribution in [3.63, 3.8) is 0 Å². The molecule has 1 amide bonds. The predicted molar refractivity (Wildman–Crippen MR) is 59.5 cm³/mol. The minimum Gasteiger partial charge on any atom is -0.481 e. The van der Waals surface area contributed by atoms with Crippen LogP contribution in [-0.4, -0.2) is 44.3 Å². The molecular formula is C11H15N3O3. The molecule has 6 heteroatoms.